The number of likely N-dealkylation sites (N-methyl/N-ethyl adjacent to an activating group) is 1. The van der Waals surface area contributed by atoms with Crippen LogP contribution in [0.5, 0.6) is 0 Å². The number of rotatable bonds is 3. The van der Waals surface area contributed by atoms with Gasteiger partial charge in [-0.15, -0.1) is 0 Å². The molecule has 27 heavy (non-hydrogen) atoms. The highest BCUT2D eigenvalue weighted by molar-refractivity contribution is 6.06. The topological polar surface area (TPSA) is 82.9 Å². The van der Waals surface area contributed by atoms with Crippen LogP contribution in [0, 0.1) is 5.92 Å². The fourth-order valence-corrected chi connectivity index (χ4v) is 3.72. The van der Waals surface area contributed by atoms with Crippen LogP contribution in [0.3, 0.4) is 0 Å². The molecule has 1 aromatic heterocycles. The third-order valence-corrected chi connectivity index (χ3v) is 5.47. The first-order valence-electron chi connectivity index (χ1n) is 9.07. The van der Waals surface area contributed by atoms with E-state index >= 15 is 0 Å². The van der Waals surface area contributed by atoms with Crippen molar-refractivity contribution in [3.8, 4) is 0 Å². The van der Waals surface area contributed by atoms with Crippen LogP contribution in [0.2, 0.25) is 0 Å². The van der Waals surface area contributed by atoms with Gasteiger partial charge in [0.2, 0.25) is 0 Å². The maximum Gasteiger partial charge on any atom is 0.308 e. The lowest BCUT2D eigenvalue weighted by Crippen LogP contribution is -2.43. The lowest BCUT2D eigenvalue weighted by molar-refractivity contribution is -0.142. The van der Waals surface area contributed by atoms with E-state index in [4.69, 9.17) is 0 Å². The van der Waals surface area contributed by atoms with Gasteiger partial charge >= 0.3 is 5.97 Å². The largest absolute Gasteiger partial charge is 0.481 e. The van der Waals surface area contributed by atoms with Crippen LogP contribution < -0.4 is 5.56 Å². The van der Waals surface area contributed by atoms with Crippen LogP contribution in [0.15, 0.2) is 35.1 Å². The van der Waals surface area contributed by atoms with Crippen LogP contribution >= 0.6 is 0 Å². The molecule has 7 heteroatoms. The molecular formula is C20H25N3O4. The average molecular weight is 371 g/mol. The number of carboxylic acids is 1. The number of pyridine rings is 1. The van der Waals surface area contributed by atoms with Crippen LogP contribution in [-0.2, 0) is 11.8 Å². The molecule has 0 aliphatic carbocycles. The van der Waals surface area contributed by atoms with Crippen molar-refractivity contribution in [2.75, 3.05) is 27.2 Å². The predicted octanol–water partition coefficient (Wildman–Crippen LogP) is 1.41. The van der Waals surface area contributed by atoms with Crippen molar-refractivity contribution < 1.29 is 14.7 Å². The molecule has 2 heterocycles. The predicted molar refractivity (Wildman–Crippen MR) is 103 cm³/mol. The van der Waals surface area contributed by atoms with E-state index in [0.29, 0.717) is 35.9 Å². The number of nitrogens with zero attached hydrogens (tertiary/aromatic N) is 3. The number of hydrogen-bond donors (Lipinski definition) is 1. The second-order valence-corrected chi connectivity index (χ2v) is 7.41. The van der Waals surface area contributed by atoms with E-state index in [1.54, 1.807) is 18.0 Å². The number of aromatic nitrogens is 1. The summed E-state index contributed by atoms with van der Waals surface area (Å²) in [5, 5.41) is 10.2. The zero-order chi connectivity index (χ0) is 19.7. The Morgan fingerprint density at radius 2 is 1.85 bits per heavy atom. The number of carbonyl (C=O) groups excluding carboxylic acids is 1. The number of carboxylic acid groups (broad SMARTS) is 1. The number of amides is 1. The smallest absolute Gasteiger partial charge is 0.308 e. The number of para-hydroxylation sites is 1. The number of aliphatic carboxylic acids is 1. The maximum atomic E-state index is 13.3. The van der Waals surface area contributed by atoms with Crippen LogP contribution in [0.25, 0.3) is 10.9 Å². The van der Waals surface area contributed by atoms with Crippen LogP contribution in [0.4, 0.5) is 0 Å². The van der Waals surface area contributed by atoms with E-state index in [2.05, 4.69) is 0 Å². The summed E-state index contributed by atoms with van der Waals surface area (Å²) in [6.07, 6.45) is 1.24. The first-order chi connectivity index (χ1) is 12.8. The Morgan fingerprint density at radius 1 is 1.15 bits per heavy atom. The molecule has 0 spiro atoms. The van der Waals surface area contributed by atoms with Gasteiger partial charge in [0, 0.05) is 37.6 Å². The molecule has 2 atom stereocenters. The minimum absolute atomic E-state index is 0.0797. The van der Waals surface area contributed by atoms with Crippen molar-refractivity contribution in [3.05, 3.63) is 46.2 Å². The Hall–Kier alpha value is -2.67. The molecule has 0 saturated carbocycles. The molecule has 1 aromatic carbocycles. The molecule has 144 valence electrons. The number of benzene rings is 1. The molecule has 1 aliphatic rings. The third kappa shape index (κ3) is 3.73. The second kappa shape index (κ2) is 7.52. The number of fused-ring (bicyclic) bond motifs is 1. The molecule has 0 bridgehead atoms. The molecular weight excluding hydrogens is 346 g/mol. The highest BCUT2D eigenvalue weighted by atomic mass is 16.4. The van der Waals surface area contributed by atoms with Gasteiger partial charge in [0.25, 0.3) is 11.5 Å². The fraction of sp³-hybridized carbons (Fsp3) is 0.450. The molecule has 7 nitrogen and oxygen atoms in total. The van der Waals surface area contributed by atoms with Gasteiger partial charge in [0.1, 0.15) is 0 Å². The van der Waals surface area contributed by atoms with Crippen molar-refractivity contribution >= 4 is 22.8 Å². The molecule has 1 N–H and O–H groups in total. The van der Waals surface area contributed by atoms with E-state index in [1.807, 2.05) is 37.2 Å². The Kier molecular flexibility index (Phi) is 5.32. The van der Waals surface area contributed by atoms with Gasteiger partial charge in [-0.05, 0) is 33.0 Å². The Bertz CT molecular complexity index is 934. The minimum atomic E-state index is -0.888. The quantitative estimate of drug-likeness (QED) is 0.882. The van der Waals surface area contributed by atoms with Gasteiger partial charge in [-0.3, -0.25) is 14.4 Å². The zero-order valence-corrected chi connectivity index (χ0v) is 15.9. The number of hydrogen-bond acceptors (Lipinski definition) is 4. The van der Waals surface area contributed by atoms with Gasteiger partial charge in [-0.2, -0.15) is 0 Å². The summed E-state index contributed by atoms with van der Waals surface area (Å²) in [5.41, 5.74) is 0.755. The number of aryl methyl sites for hydroxylation is 1. The highest BCUT2D eigenvalue weighted by Crippen LogP contribution is 2.23. The summed E-state index contributed by atoms with van der Waals surface area (Å²) in [7, 11) is 5.54. The van der Waals surface area contributed by atoms with Gasteiger partial charge in [-0.25, -0.2) is 0 Å². The summed E-state index contributed by atoms with van der Waals surface area (Å²) in [6.45, 7) is 0.598. The van der Waals surface area contributed by atoms with Crippen molar-refractivity contribution in [3.63, 3.8) is 0 Å². The monoisotopic (exact) mass is 371 g/mol. The lowest BCUT2D eigenvalue weighted by Gasteiger charge is -2.29. The minimum Gasteiger partial charge on any atom is -0.481 e. The van der Waals surface area contributed by atoms with Gasteiger partial charge < -0.3 is 19.5 Å². The molecule has 0 unspecified atom stereocenters. The van der Waals surface area contributed by atoms with Gasteiger partial charge in [-0.1, -0.05) is 18.2 Å². The summed E-state index contributed by atoms with van der Waals surface area (Å²) in [4.78, 5) is 40.9. The number of likely N-dealkylation sites (tertiary alicyclic amines) is 1. The summed E-state index contributed by atoms with van der Waals surface area (Å²) >= 11 is 0. The van der Waals surface area contributed by atoms with E-state index in [9.17, 15) is 19.5 Å². The van der Waals surface area contributed by atoms with Crippen molar-refractivity contribution in [1.82, 2.24) is 14.4 Å². The van der Waals surface area contributed by atoms with Crippen LogP contribution in [0.1, 0.15) is 23.2 Å². The SMILES string of the molecule is CN(C)[C@@H]1CC[C@H](C(=O)O)CN(C(=O)c2cc(=O)n(C)c3ccccc23)C1. The summed E-state index contributed by atoms with van der Waals surface area (Å²) < 4.78 is 1.51. The Labute approximate surface area is 157 Å². The highest BCUT2D eigenvalue weighted by Gasteiger charge is 2.32. The standard InChI is InChI=1S/C20H25N3O4/c1-21(2)14-9-8-13(20(26)27)11-23(12-14)19(25)16-10-18(24)22(3)17-7-5-4-6-15(16)17/h4-7,10,13-14H,8-9,11-12H2,1-3H3,(H,26,27)/t13-,14+/m0/s1. The van der Waals surface area contributed by atoms with Crippen LogP contribution in [-0.4, -0.2) is 64.6 Å². The first-order valence-corrected chi connectivity index (χ1v) is 9.07. The average Bonchev–Trinajstić information content (AvgIpc) is 2.88. The van der Waals surface area contributed by atoms with Crippen molar-refractivity contribution in [2.45, 2.75) is 18.9 Å². The summed E-state index contributed by atoms with van der Waals surface area (Å²) in [6, 6.07) is 8.71. The Balaban J connectivity index is 2.05. The summed E-state index contributed by atoms with van der Waals surface area (Å²) in [5.74, 6) is -1.78. The van der Waals surface area contributed by atoms with Crippen molar-refractivity contribution in [2.24, 2.45) is 13.0 Å². The zero-order valence-electron chi connectivity index (χ0n) is 15.9. The molecule has 1 saturated heterocycles. The van der Waals surface area contributed by atoms with E-state index < -0.39 is 11.9 Å². The fourth-order valence-electron chi connectivity index (χ4n) is 3.72. The molecule has 1 amide bonds. The molecule has 2 aromatic rings. The normalized spacial score (nSPS) is 20.7. The first kappa shape index (κ1) is 19.1. The lowest BCUT2D eigenvalue weighted by atomic mass is 10.0. The molecule has 3 rings (SSSR count). The van der Waals surface area contributed by atoms with E-state index in [1.165, 1.54) is 10.6 Å². The molecule has 0 radical (unpaired) electrons. The van der Waals surface area contributed by atoms with E-state index in [0.717, 1.165) is 0 Å². The Morgan fingerprint density at radius 3 is 2.52 bits per heavy atom. The number of carbonyl (C=O) groups is 2. The van der Waals surface area contributed by atoms with Gasteiger partial charge in [0.05, 0.1) is 17.0 Å². The third-order valence-electron chi connectivity index (χ3n) is 5.47. The maximum absolute atomic E-state index is 13.3. The second-order valence-electron chi connectivity index (χ2n) is 7.41. The van der Waals surface area contributed by atoms with Crippen molar-refractivity contribution in [1.29, 1.82) is 0 Å². The van der Waals surface area contributed by atoms with E-state index in [-0.39, 0.29) is 24.1 Å². The van der Waals surface area contributed by atoms with Gasteiger partial charge in [0.15, 0.2) is 0 Å². The molecule has 1 fully saturated rings. The molecule has 1 aliphatic heterocycles.